The Morgan fingerprint density at radius 1 is 1.37 bits per heavy atom. The van der Waals surface area contributed by atoms with Gasteiger partial charge < -0.3 is 9.47 Å². The van der Waals surface area contributed by atoms with Gasteiger partial charge in [0, 0.05) is 12.1 Å². The first-order valence-corrected chi connectivity index (χ1v) is 6.76. The van der Waals surface area contributed by atoms with Gasteiger partial charge in [-0.25, -0.2) is 9.37 Å². The summed E-state index contributed by atoms with van der Waals surface area (Å²) in [6.07, 6.45) is 0. The summed E-state index contributed by atoms with van der Waals surface area (Å²) in [5.41, 5.74) is 1.51. The minimum absolute atomic E-state index is 0.0687. The highest BCUT2D eigenvalue weighted by Crippen LogP contribution is 2.23. The molecular weight excluding hydrogens is 265 g/mol. The van der Waals surface area contributed by atoms with Gasteiger partial charge in [0.25, 0.3) is 0 Å². The molecule has 0 aliphatic carbocycles. The number of rotatable bonds is 4. The number of imidazole rings is 1. The monoisotopic (exact) mass is 283 g/mol. The molecule has 1 aromatic carbocycles. The van der Waals surface area contributed by atoms with Crippen molar-refractivity contribution >= 4 is 22.6 Å². The third kappa shape index (κ3) is 2.74. The maximum Gasteiger partial charge on any atom is 0.125 e. The average molecular weight is 284 g/mol. The van der Waals surface area contributed by atoms with Crippen molar-refractivity contribution in [2.24, 2.45) is 0 Å². The molecule has 5 heteroatoms. The lowest BCUT2D eigenvalue weighted by atomic mass is 10.0. The topological polar surface area (TPSA) is 21.1 Å². The van der Waals surface area contributed by atoms with E-state index in [0.717, 1.165) is 16.9 Å². The van der Waals surface area contributed by atoms with Gasteiger partial charge in [0.15, 0.2) is 0 Å². The van der Waals surface area contributed by atoms with Crippen LogP contribution in [0.25, 0.3) is 11.0 Å². The van der Waals surface area contributed by atoms with E-state index in [2.05, 4.69) is 23.7 Å². The van der Waals surface area contributed by atoms with Crippen molar-refractivity contribution < 1.29 is 4.39 Å². The molecule has 0 radical (unpaired) electrons. The number of alkyl halides is 1. The number of nitrogens with zero attached hydrogens (tertiary/aromatic N) is 3. The zero-order valence-corrected chi connectivity index (χ0v) is 12.5. The highest BCUT2D eigenvalue weighted by Gasteiger charge is 2.24. The van der Waals surface area contributed by atoms with E-state index in [0.29, 0.717) is 12.4 Å². The van der Waals surface area contributed by atoms with E-state index in [1.165, 1.54) is 12.1 Å². The summed E-state index contributed by atoms with van der Waals surface area (Å²) >= 11 is 5.96. The number of halogens is 2. The van der Waals surface area contributed by atoms with Gasteiger partial charge in [0.2, 0.25) is 0 Å². The van der Waals surface area contributed by atoms with E-state index < -0.39 is 0 Å². The molecule has 0 unspecified atom stereocenters. The van der Waals surface area contributed by atoms with Gasteiger partial charge in [0.05, 0.1) is 16.9 Å². The van der Waals surface area contributed by atoms with E-state index in [-0.39, 0.29) is 11.4 Å². The summed E-state index contributed by atoms with van der Waals surface area (Å²) in [5.74, 6) is 0.842. The van der Waals surface area contributed by atoms with Crippen LogP contribution in [0.2, 0.25) is 0 Å². The molecule has 3 nitrogen and oxygen atoms in total. The van der Waals surface area contributed by atoms with E-state index >= 15 is 0 Å². The van der Waals surface area contributed by atoms with Crippen molar-refractivity contribution in [2.75, 3.05) is 14.1 Å². The van der Waals surface area contributed by atoms with Crippen molar-refractivity contribution in [2.45, 2.75) is 31.8 Å². The zero-order chi connectivity index (χ0) is 14.2. The Morgan fingerprint density at radius 3 is 2.63 bits per heavy atom. The Morgan fingerprint density at radius 2 is 2.05 bits per heavy atom. The minimum Gasteiger partial charge on any atom is -0.325 e. The van der Waals surface area contributed by atoms with Crippen LogP contribution >= 0.6 is 11.6 Å². The fourth-order valence-corrected chi connectivity index (χ4v) is 2.16. The Labute approximate surface area is 118 Å². The summed E-state index contributed by atoms with van der Waals surface area (Å²) in [4.78, 5) is 6.60. The van der Waals surface area contributed by atoms with Crippen LogP contribution in [0, 0.1) is 5.82 Å². The molecular formula is C14H19ClFN3. The third-order valence-corrected chi connectivity index (χ3v) is 3.90. The molecule has 104 valence electrons. The largest absolute Gasteiger partial charge is 0.325 e. The molecule has 2 rings (SSSR count). The first kappa shape index (κ1) is 14.3. The van der Waals surface area contributed by atoms with E-state index in [4.69, 9.17) is 11.6 Å². The Balaban J connectivity index is 2.54. The molecule has 0 amide bonds. The quantitative estimate of drug-likeness (QED) is 0.803. The normalized spacial score (nSPS) is 12.6. The maximum atomic E-state index is 13.4. The molecule has 0 fully saturated rings. The Kier molecular flexibility index (Phi) is 3.83. The molecule has 1 heterocycles. The molecule has 0 bridgehead atoms. The lowest BCUT2D eigenvalue weighted by Crippen LogP contribution is -2.42. The Hall–Kier alpha value is -1.13. The summed E-state index contributed by atoms with van der Waals surface area (Å²) in [7, 11) is 4.06. The second-order valence-electron chi connectivity index (χ2n) is 5.59. The number of aromatic nitrogens is 2. The minimum atomic E-state index is -0.252. The lowest BCUT2D eigenvalue weighted by molar-refractivity contribution is 0.170. The maximum absolute atomic E-state index is 13.4. The van der Waals surface area contributed by atoms with Gasteiger partial charge >= 0.3 is 0 Å². The van der Waals surface area contributed by atoms with Crippen molar-refractivity contribution in [1.29, 1.82) is 0 Å². The van der Waals surface area contributed by atoms with Gasteiger partial charge in [-0.15, -0.1) is 11.6 Å². The average Bonchev–Trinajstić information content (AvgIpc) is 2.66. The second kappa shape index (κ2) is 5.10. The molecule has 0 spiro atoms. The summed E-state index contributed by atoms with van der Waals surface area (Å²) in [6.45, 7) is 4.98. The number of hydrogen-bond acceptors (Lipinski definition) is 2. The molecule has 0 saturated heterocycles. The van der Waals surface area contributed by atoms with Gasteiger partial charge in [-0.05, 0) is 46.1 Å². The second-order valence-corrected chi connectivity index (χ2v) is 5.85. The number of hydrogen-bond donors (Lipinski definition) is 0. The van der Waals surface area contributed by atoms with E-state index in [1.54, 1.807) is 6.07 Å². The van der Waals surface area contributed by atoms with Gasteiger partial charge in [-0.3, -0.25) is 0 Å². The van der Waals surface area contributed by atoms with Crippen LogP contribution in [-0.4, -0.2) is 34.1 Å². The lowest BCUT2D eigenvalue weighted by Gasteiger charge is -2.33. The van der Waals surface area contributed by atoms with Gasteiger partial charge in [0.1, 0.15) is 11.6 Å². The van der Waals surface area contributed by atoms with Crippen LogP contribution in [0.15, 0.2) is 18.2 Å². The predicted octanol–water partition coefficient (Wildman–Crippen LogP) is 3.25. The van der Waals surface area contributed by atoms with E-state index in [9.17, 15) is 4.39 Å². The zero-order valence-electron chi connectivity index (χ0n) is 11.7. The van der Waals surface area contributed by atoms with Gasteiger partial charge in [-0.1, -0.05) is 0 Å². The first-order valence-electron chi connectivity index (χ1n) is 6.23. The van der Waals surface area contributed by atoms with Crippen molar-refractivity contribution in [3.63, 3.8) is 0 Å². The van der Waals surface area contributed by atoms with Crippen LogP contribution in [0.4, 0.5) is 4.39 Å². The SMILES string of the molecule is CN(C)C(C)(C)Cn1c(CCl)nc2ccc(F)cc21. The number of benzene rings is 1. The predicted molar refractivity (Wildman–Crippen MR) is 77.0 cm³/mol. The van der Waals surface area contributed by atoms with Crippen molar-refractivity contribution in [1.82, 2.24) is 14.5 Å². The van der Waals surface area contributed by atoms with Crippen LogP contribution in [-0.2, 0) is 12.4 Å². The standard InChI is InChI=1S/C14H19ClFN3/c1-14(2,18(3)4)9-19-12-7-10(16)5-6-11(12)17-13(19)8-15/h5-7H,8-9H2,1-4H3. The highest BCUT2D eigenvalue weighted by molar-refractivity contribution is 6.16. The molecule has 0 atom stereocenters. The summed E-state index contributed by atoms with van der Waals surface area (Å²) < 4.78 is 15.4. The van der Waals surface area contributed by atoms with Crippen LogP contribution in [0.1, 0.15) is 19.7 Å². The number of fused-ring (bicyclic) bond motifs is 1. The fourth-order valence-electron chi connectivity index (χ4n) is 1.95. The molecule has 0 aliphatic heterocycles. The Bertz CT molecular complexity index is 590. The van der Waals surface area contributed by atoms with Crippen molar-refractivity contribution in [3.05, 3.63) is 29.8 Å². The molecule has 1 aromatic heterocycles. The summed E-state index contributed by atoms with van der Waals surface area (Å²) in [6, 6.07) is 4.64. The van der Waals surface area contributed by atoms with Crippen molar-refractivity contribution in [3.8, 4) is 0 Å². The van der Waals surface area contributed by atoms with Crippen LogP contribution < -0.4 is 0 Å². The smallest absolute Gasteiger partial charge is 0.125 e. The fraction of sp³-hybridized carbons (Fsp3) is 0.500. The molecule has 0 N–H and O–H groups in total. The first-order chi connectivity index (χ1) is 8.85. The van der Waals surface area contributed by atoms with E-state index in [1.807, 2.05) is 18.7 Å². The van der Waals surface area contributed by atoms with Gasteiger partial charge in [-0.2, -0.15) is 0 Å². The van der Waals surface area contributed by atoms with Crippen LogP contribution in [0.5, 0.6) is 0 Å². The molecule has 19 heavy (non-hydrogen) atoms. The van der Waals surface area contributed by atoms with Crippen LogP contribution in [0.3, 0.4) is 0 Å². The third-order valence-electron chi connectivity index (χ3n) is 3.66. The number of likely N-dealkylation sites (N-methyl/N-ethyl adjacent to an activating group) is 1. The summed E-state index contributed by atoms with van der Waals surface area (Å²) in [5, 5.41) is 0. The molecule has 2 aromatic rings. The molecule has 0 saturated carbocycles. The molecule has 0 aliphatic rings. The highest BCUT2D eigenvalue weighted by atomic mass is 35.5.